The minimum atomic E-state index is 0.577. The Morgan fingerprint density at radius 1 is 1.53 bits per heavy atom. The van der Waals surface area contributed by atoms with Crippen molar-refractivity contribution in [1.82, 2.24) is 5.32 Å². The van der Waals surface area contributed by atoms with Gasteiger partial charge in [-0.3, -0.25) is 0 Å². The van der Waals surface area contributed by atoms with Crippen LogP contribution in [0.15, 0.2) is 22.8 Å². The number of furan rings is 1. The summed E-state index contributed by atoms with van der Waals surface area (Å²) in [5.74, 6) is 5.05. The van der Waals surface area contributed by atoms with E-state index in [-0.39, 0.29) is 0 Å². The Labute approximate surface area is 112 Å². The van der Waals surface area contributed by atoms with Crippen LogP contribution in [0.25, 0.3) is 0 Å². The van der Waals surface area contributed by atoms with Crippen LogP contribution in [0, 0.1) is 0 Å². The fourth-order valence-electron chi connectivity index (χ4n) is 1.90. The molecule has 1 aliphatic heterocycles. The Morgan fingerprint density at radius 2 is 2.47 bits per heavy atom. The van der Waals surface area contributed by atoms with E-state index in [4.69, 9.17) is 4.42 Å². The molecule has 1 fully saturated rings. The van der Waals surface area contributed by atoms with Crippen LogP contribution in [0.5, 0.6) is 0 Å². The van der Waals surface area contributed by atoms with Crippen molar-refractivity contribution < 1.29 is 4.42 Å². The molecule has 0 amide bonds. The molecule has 1 N–H and O–H groups in total. The highest BCUT2D eigenvalue weighted by atomic mass is 32.2. The second-order valence-electron chi connectivity index (χ2n) is 4.50. The third kappa shape index (κ3) is 4.98. The van der Waals surface area contributed by atoms with Crippen LogP contribution in [0.2, 0.25) is 0 Å². The normalized spacial score (nSPS) is 22.5. The summed E-state index contributed by atoms with van der Waals surface area (Å²) in [6.45, 7) is 3.42. The van der Waals surface area contributed by atoms with E-state index in [0.717, 1.165) is 30.4 Å². The highest BCUT2D eigenvalue weighted by Crippen LogP contribution is 2.23. The maximum Gasteiger partial charge on any atom is 0.103 e. The molecule has 0 aromatic carbocycles. The molecule has 4 heteroatoms. The summed E-state index contributed by atoms with van der Waals surface area (Å²) in [7, 11) is 0. The second kappa shape index (κ2) is 7.39. The molecule has 17 heavy (non-hydrogen) atoms. The van der Waals surface area contributed by atoms with Gasteiger partial charge in [0.15, 0.2) is 0 Å². The largest absolute Gasteiger partial charge is 0.469 e. The maximum absolute atomic E-state index is 5.34. The number of nitrogens with one attached hydrogen (secondary N) is 1. The molecule has 1 aromatic heterocycles. The Balaban J connectivity index is 1.58. The van der Waals surface area contributed by atoms with E-state index < -0.39 is 0 Å². The summed E-state index contributed by atoms with van der Waals surface area (Å²) >= 11 is 4.21. The molecule has 1 aromatic rings. The number of thioether (sulfide) groups is 2. The van der Waals surface area contributed by atoms with E-state index >= 15 is 0 Å². The van der Waals surface area contributed by atoms with Crippen molar-refractivity contribution in [2.24, 2.45) is 0 Å². The predicted octanol–water partition coefficient (Wildman–Crippen LogP) is 3.04. The van der Waals surface area contributed by atoms with Gasteiger partial charge in [0.25, 0.3) is 0 Å². The molecule has 2 unspecified atom stereocenters. The first-order chi connectivity index (χ1) is 8.34. The lowest BCUT2D eigenvalue weighted by Crippen LogP contribution is -2.35. The van der Waals surface area contributed by atoms with Crippen LogP contribution in [0.3, 0.4) is 0 Å². The van der Waals surface area contributed by atoms with Gasteiger partial charge in [-0.2, -0.15) is 23.5 Å². The molecule has 0 radical (unpaired) electrons. The first-order valence-corrected chi connectivity index (χ1v) is 8.50. The molecular formula is C13H21NOS2. The quantitative estimate of drug-likeness (QED) is 0.860. The van der Waals surface area contributed by atoms with Crippen molar-refractivity contribution >= 4 is 23.5 Å². The SMILES string of the molecule is CC(CCc1ccco1)NCC1CSCCS1. The minimum absolute atomic E-state index is 0.577. The number of hydrogen-bond acceptors (Lipinski definition) is 4. The van der Waals surface area contributed by atoms with E-state index in [2.05, 4.69) is 41.8 Å². The molecule has 0 saturated carbocycles. The van der Waals surface area contributed by atoms with Gasteiger partial charge >= 0.3 is 0 Å². The number of aryl methyl sites for hydroxylation is 1. The molecule has 2 rings (SSSR count). The van der Waals surface area contributed by atoms with E-state index in [1.54, 1.807) is 6.26 Å². The van der Waals surface area contributed by atoms with E-state index in [0.29, 0.717) is 6.04 Å². The molecule has 0 aliphatic carbocycles. The summed E-state index contributed by atoms with van der Waals surface area (Å²) in [6.07, 6.45) is 3.94. The molecule has 1 saturated heterocycles. The number of hydrogen-bond donors (Lipinski definition) is 1. The van der Waals surface area contributed by atoms with Crippen LogP contribution >= 0.6 is 23.5 Å². The zero-order valence-electron chi connectivity index (χ0n) is 10.4. The summed E-state index contributed by atoms with van der Waals surface area (Å²) in [4.78, 5) is 0. The van der Waals surface area contributed by atoms with Crippen LogP contribution in [0.4, 0.5) is 0 Å². The van der Waals surface area contributed by atoms with Crippen molar-refractivity contribution in [2.75, 3.05) is 23.8 Å². The average Bonchev–Trinajstić information content (AvgIpc) is 2.88. The van der Waals surface area contributed by atoms with Crippen molar-refractivity contribution in [2.45, 2.75) is 31.1 Å². The maximum atomic E-state index is 5.34. The lowest BCUT2D eigenvalue weighted by atomic mass is 10.1. The molecule has 1 aliphatic rings. The topological polar surface area (TPSA) is 25.2 Å². The van der Waals surface area contributed by atoms with E-state index in [9.17, 15) is 0 Å². The van der Waals surface area contributed by atoms with Crippen LogP contribution < -0.4 is 5.32 Å². The Morgan fingerprint density at radius 3 is 3.18 bits per heavy atom. The van der Waals surface area contributed by atoms with Gasteiger partial charge in [-0.1, -0.05) is 0 Å². The van der Waals surface area contributed by atoms with Gasteiger partial charge < -0.3 is 9.73 Å². The molecule has 2 heterocycles. The van der Waals surface area contributed by atoms with Crippen LogP contribution in [-0.4, -0.2) is 35.1 Å². The van der Waals surface area contributed by atoms with Crippen molar-refractivity contribution in [3.05, 3.63) is 24.2 Å². The number of rotatable bonds is 6. The monoisotopic (exact) mass is 271 g/mol. The molecular weight excluding hydrogens is 250 g/mol. The second-order valence-corrected chi connectivity index (χ2v) is 7.05. The van der Waals surface area contributed by atoms with Gasteiger partial charge in [-0.15, -0.1) is 0 Å². The van der Waals surface area contributed by atoms with Gasteiger partial charge in [-0.05, 0) is 25.5 Å². The highest BCUT2D eigenvalue weighted by molar-refractivity contribution is 8.06. The molecule has 0 bridgehead atoms. The minimum Gasteiger partial charge on any atom is -0.469 e. The first-order valence-electron chi connectivity index (χ1n) is 6.29. The summed E-state index contributed by atoms with van der Waals surface area (Å²) in [6, 6.07) is 4.59. The predicted molar refractivity (Wildman–Crippen MR) is 78.1 cm³/mol. The van der Waals surface area contributed by atoms with Crippen LogP contribution in [-0.2, 0) is 6.42 Å². The van der Waals surface area contributed by atoms with Gasteiger partial charge in [-0.25, -0.2) is 0 Å². The molecule has 96 valence electrons. The van der Waals surface area contributed by atoms with Gasteiger partial charge in [0, 0.05) is 41.5 Å². The molecule has 2 atom stereocenters. The first kappa shape index (κ1) is 13.4. The third-order valence-electron chi connectivity index (χ3n) is 2.98. The fraction of sp³-hybridized carbons (Fsp3) is 0.692. The standard InChI is InChI=1S/C13H21NOS2/c1-11(4-5-12-3-2-6-15-12)14-9-13-10-16-7-8-17-13/h2-3,6,11,13-14H,4-5,7-10H2,1H3. The lowest BCUT2D eigenvalue weighted by molar-refractivity contribution is 0.462. The van der Waals surface area contributed by atoms with Crippen LogP contribution in [0.1, 0.15) is 19.1 Å². The third-order valence-corrected chi connectivity index (χ3v) is 5.83. The zero-order chi connectivity index (χ0) is 11.9. The zero-order valence-corrected chi connectivity index (χ0v) is 12.0. The summed E-state index contributed by atoms with van der Waals surface area (Å²) in [5.41, 5.74) is 0. The Bertz CT molecular complexity index is 296. The smallest absolute Gasteiger partial charge is 0.103 e. The Kier molecular flexibility index (Phi) is 5.81. The van der Waals surface area contributed by atoms with E-state index in [1.807, 2.05) is 6.07 Å². The molecule has 2 nitrogen and oxygen atoms in total. The van der Waals surface area contributed by atoms with Crippen molar-refractivity contribution in [3.63, 3.8) is 0 Å². The summed E-state index contributed by atoms with van der Waals surface area (Å²) in [5, 5.41) is 4.44. The Hall–Kier alpha value is -0.0600. The lowest BCUT2D eigenvalue weighted by Gasteiger charge is -2.23. The average molecular weight is 271 g/mol. The van der Waals surface area contributed by atoms with Crippen molar-refractivity contribution in [1.29, 1.82) is 0 Å². The summed E-state index contributed by atoms with van der Waals surface area (Å²) < 4.78 is 5.34. The van der Waals surface area contributed by atoms with Gasteiger partial charge in [0.1, 0.15) is 5.76 Å². The van der Waals surface area contributed by atoms with Gasteiger partial charge in [0.2, 0.25) is 0 Å². The van der Waals surface area contributed by atoms with Crippen molar-refractivity contribution in [3.8, 4) is 0 Å². The van der Waals surface area contributed by atoms with E-state index in [1.165, 1.54) is 17.3 Å². The van der Waals surface area contributed by atoms with Gasteiger partial charge in [0.05, 0.1) is 6.26 Å². The highest BCUT2D eigenvalue weighted by Gasteiger charge is 2.14. The fourth-order valence-corrected chi connectivity index (χ4v) is 4.53. The molecule has 0 spiro atoms.